The van der Waals surface area contributed by atoms with E-state index in [1.807, 2.05) is 11.8 Å². The molecule has 1 amide bonds. The molecule has 0 aromatic carbocycles. The van der Waals surface area contributed by atoms with Gasteiger partial charge in [0.1, 0.15) is 0 Å². The third kappa shape index (κ3) is 3.46. The number of rotatable bonds is 2. The number of piperidine rings is 1. The van der Waals surface area contributed by atoms with Crippen LogP contribution in [-0.2, 0) is 4.79 Å². The summed E-state index contributed by atoms with van der Waals surface area (Å²) >= 11 is 0. The van der Waals surface area contributed by atoms with Crippen molar-refractivity contribution in [3.63, 3.8) is 0 Å². The molecule has 1 saturated heterocycles. The minimum Gasteiger partial charge on any atom is -0.341 e. The second-order valence-electron chi connectivity index (χ2n) is 4.05. The molecule has 0 aromatic rings. The molecule has 1 fully saturated rings. The first-order valence-electron chi connectivity index (χ1n) is 5.19. The molecule has 1 heterocycles. The molecule has 1 rings (SSSR count). The third-order valence-electron chi connectivity index (χ3n) is 2.73. The van der Waals surface area contributed by atoms with Crippen molar-refractivity contribution >= 4 is 18.3 Å². The number of nitrogens with zero attached hydrogens (tertiary/aromatic N) is 1. The molecule has 2 N–H and O–H groups in total. The Morgan fingerprint density at radius 1 is 1.64 bits per heavy atom. The van der Waals surface area contributed by atoms with E-state index in [-0.39, 0.29) is 24.4 Å². The van der Waals surface area contributed by atoms with E-state index >= 15 is 0 Å². The van der Waals surface area contributed by atoms with Gasteiger partial charge in [0.15, 0.2) is 0 Å². The van der Waals surface area contributed by atoms with E-state index in [1.54, 1.807) is 0 Å². The Morgan fingerprint density at radius 3 is 2.79 bits per heavy atom. The third-order valence-corrected chi connectivity index (χ3v) is 2.73. The molecule has 0 unspecified atom stereocenters. The summed E-state index contributed by atoms with van der Waals surface area (Å²) < 4.78 is 0. The van der Waals surface area contributed by atoms with Crippen LogP contribution in [-0.4, -0.2) is 29.9 Å². The average Bonchev–Trinajstić information content (AvgIpc) is 2.15. The molecule has 2 atom stereocenters. The quantitative estimate of drug-likeness (QED) is 0.765. The molecule has 0 spiro atoms. The zero-order valence-electron chi connectivity index (χ0n) is 9.03. The van der Waals surface area contributed by atoms with Crippen LogP contribution in [0.1, 0.15) is 33.1 Å². The molecular weight excluding hydrogens is 200 g/mol. The number of hydrogen-bond acceptors (Lipinski definition) is 2. The lowest BCUT2D eigenvalue weighted by Gasteiger charge is -2.32. The van der Waals surface area contributed by atoms with Gasteiger partial charge in [-0.05, 0) is 25.2 Å². The van der Waals surface area contributed by atoms with Gasteiger partial charge in [-0.1, -0.05) is 13.8 Å². The molecular formula is C10H21ClN2O. The standard InChI is InChI=1S/C10H20N2O.ClH/c1-3-9(11)10(13)12-6-4-5-8(2)7-12;/h8-9H,3-7,11H2,1-2H3;1H/t8-,9-;/m0./s1. The molecule has 0 aliphatic carbocycles. The summed E-state index contributed by atoms with van der Waals surface area (Å²) in [5.74, 6) is 0.774. The summed E-state index contributed by atoms with van der Waals surface area (Å²) in [7, 11) is 0. The Balaban J connectivity index is 0.00000169. The number of carbonyl (C=O) groups is 1. The van der Waals surface area contributed by atoms with Gasteiger partial charge in [0.25, 0.3) is 0 Å². The summed E-state index contributed by atoms with van der Waals surface area (Å²) in [5, 5.41) is 0. The number of halogens is 1. The molecule has 14 heavy (non-hydrogen) atoms. The Bertz CT molecular complexity index is 187. The van der Waals surface area contributed by atoms with Crippen molar-refractivity contribution in [3.8, 4) is 0 Å². The number of likely N-dealkylation sites (tertiary alicyclic amines) is 1. The van der Waals surface area contributed by atoms with Crippen LogP contribution in [0.5, 0.6) is 0 Å². The van der Waals surface area contributed by atoms with Gasteiger partial charge in [0, 0.05) is 13.1 Å². The van der Waals surface area contributed by atoms with Gasteiger partial charge in [0.05, 0.1) is 6.04 Å². The minimum atomic E-state index is -0.287. The van der Waals surface area contributed by atoms with Gasteiger partial charge in [-0.2, -0.15) is 0 Å². The molecule has 0 radical (unpaired) electrons. The van der Waals surface area contributed by atoms with Crippen molar-refractivity contribution in [2.45, 2.75) is 39.2 Å². The lowest BCUT2D eigenvalue weighted by molar-refractivity contribution is -0.134. The van der Waals surface area contributed by atoms with E-state index in [9.17, 15) is 4.79 Å². The maximum Gasteiger partial charge on any atom is 0.239 e. The summed E-state index contributed by atoms with van der Waals surface area (Å²) in [6.45, 7) is 5.94. The Morgan fingerprint density at radius 2 is 2.29 bits per heavy atom. The topological polar surface area (TPSA) is 46.3 Å². The van der Waals surface area contributed by atoms with E-state index < -0.39 is 0 Å². The summed E-state index contributed by atoms with van der Waals surface area (Å²) in [4.78, 5) is 13.6. The van der Waals surface area contributed by atoms with E-state index in [4.69, 9.17) is 5.73 Å². The van der Waals surface area contributed by atoms with Gasteiger partial charge >= 0.3 is 0 Å². The van der Waals surface area contributed by atoms with Crippen LogP contribution in [0.25, 0.3) is 0 Å². The SMILES string of the molecule is CC[C@H](N)C(=O)N1CCC[C@H](C)C1.Cl. The predicted molar refractivity (Wildman–Crippen MR) is 60.5 cm³/mol. The fourth-order valence-electron chi connectivity index (χ4n) is 1.80. The predicted octanol–water partition coefficient (Wildman–Crippen LogP) is 1.40. The van der Waals surface area contributed by atoms with Crippen molar-refractivity contribution in [1.29, 1.82) is 0 Å². The highest BCUT2D eigenvalue weighted by atomic mass is 35.5. The number of amides is 1. The lowest BCUT2D eigenvalue weighted by Crippen LogP contribution is -2.47. The van der Waals surface area contributed by atoms with E-state index in [0.29, 0.717) is 5.92 Å². The number of nitrogens with two attached hydrogens (primary N) is 1. The molecule has 0 aromatic heterocycles. The van der Waals surface area contributed by atoms with E-state index in [2.05, 4.69) is 6.92 Å². The highest BCUT2D eigenvalue weighted by Gasteiger charge is 2.23. The van der Waals surface area contributed by atoms with Crippen molar-refractivity contribution < 1.29 is 4.79 Å². The maximum absolute atomic E-state index is 11.7. The lowest BCUT2D eigenvalue weighted by atomic mass is 9.99. The van der Waals surface area contributed by atoms with Gasteiger partial charge in [-0.3, -0.25) is 4.79 Å². The van der Waals surface area contributed by atoms with E-state index in [0.717, 1.165) is 25.9 Å². The van der Waals surface area contributed by atoms with Crippen LogP contribution in [0.4, 0.5) is 0 Å². The van der Waals surface area contributed by atoms with Gasteiger partial charge < -0.3 is 10.6 Å². The second-order valence-corrected chi connectivity index (χ2v) is 4.05. The fraction of sp³-hybridized carbons (Fsp3) is 0.900. The highest BCUT2D eigenvalue weighted by Crippen LogP contribution is 2.16. The van der Waals surface area contributed by atoms with Crippen LogP contribution < -0.4 is 5.73 Å². The molecule has 3 nitrogen and oxygen atoms in total. The minimum absolute atomic E-state index is 0. The average molecular weight is 221 g/mol. The smallest absolute Gasteiger partial charge is 0.239 e. The summed E-state index contributed by atoms with van der Waals surface area (Å²) in [5.41, 5.74) is 5.70. The number of carbonyl (C=O) groups excluding carboxylic acids is 1. The van der Waals surface area contributed by atoms with Crippen LogP contribution >= 0.6 is 12.4 Å². The highest BCUT2D eigenvalue weighted by molar-refractivity contribution is 5.85. The molecule has 1 aliphatic heterocycles. The van der Waals surface area contributed by atoms with E-state index in [1.165, 1.54) is 6.42 Å². The first-order valence-corrected chi connectivity index (χ1v) is 5.19. The van der Waals surface area contributed by atoms with Crippen LogP contribution in [0.15, 0.2) is 0 Å². The van der Waals surface area contributed by atoms with Crippen molar-refractivity contribution in [3.05, 3.63) is 0 Å². The summed E-state index contributed by atoms with van der Waals surface area (Å²) in [6, 6.07) is -0.287. The Kier molecular flexibility index (Phi) is 6.12. The molecule has 4 heteroatoms. The van der Waals surface area contributed by atoms with Crippen molar-refractivity contribution in [2.24, 2.45) is 11.7 Å². The first-order chi connectivity index (χ1) is 6.15. The first kappa shape index (κ1) is 13.7. The largest absolute Gasteiger partial charge is 0.341 e. The van der Waals surface area contributed by atoms with Gasteiger partial charge in [0.2, 0.25) is 5.91 Å². The molecule has 1 aliphatic rings. The Hall–Kier alpha value is -0.280. The molecule has 0 bridgehead atoms. The van der Waals surface area contributed by atoms with Gasteiger partial charge in [-0.25, -0.2) is 0 Å². The van der Waals surface area contributed by atoms with Crippen LogP contribution in [0.3, 0.4) is 0 Å². The normalized spacial score (nSPS) is 23.9. The maximum atomic E-state index is 11.7. The van der Waals surface area contributed by atoms with Crippen molar-refractivity contribution in [2.75, 3.05) is 13.1 Å². The molecule has 0 saturated carbocycles. The number of hydrogen-bond donors (Lipinski definition) is 1. The van der Waals surface area contributed by atoms with Crippen molar-refractivity contribution in [1.82, 2.24) is 4.90 Å². The molecule has 84 valence electrons. The zero-order chi connectivity index (χ0) is 9.84. The second kappa shape index (κ2) is 6.25. The van der Waals surface area contributed by atoms with Crippen LogP contribution in [0.2, 0.25) is 0 Å². The monoisotopic (exact) mass is 220 g/mol. The zero-order valence-corrected chi connectivity index (χ0v) is 9.85. The fourth-order valence-corrected chi connectivity index (χ4v) is 1.80. The Labute approximate surface area is 92.4 Å². The van der Waals surface area contributed by atoms with Crippen LogP contribution in [0, 0.1) is 5.92 Å². The summed E-state index contributed by atoms with van der Waals surface area (Å²) in [6.07, 6.45) is 3.11. The van der Waals surface area contributed by atoms with Gasteiger partial charge in [-0.15, -0.1) is 12.4 Å².